The van der Waals surface area contributed by atoms with Crippen LogP contribution in [0.4, 0.5) is 11.4 Å². The van der Waals surface area contributed by atoms with Crippen molar-refractivity contribution in [1.82, 2.24) is 9.78 Å². The van der Waals surface area contributed by atoms with Gasteiger partial charge in [0.25, 0.3) is 10.0 Å². The van der Waals surface area contributed by atoms with Crippen molar-refractivity contribution in [2.24, 2.45) is 0 Å². The van der Waals surface area contributed by atoms with Crippen molar-refractivity contribution in [2.75, 3.05) is 10.5 Å². The largest absolute Gasteiger partial charge is 0.398 e. The van der Waals surface area contributed by atoms with Gasteiger partial charge in [-0.05, 0) is 31.5 Å². The molecular weight excluding hydrogens is 264 g/mol. The van der Waals surface area contributed by atoms with Gasteiger partial charge in [0, 0.05) is 18.4 Å². The van der Waals surface area contributed by atoms with Crippen LogP contribution in [-0.4, -0.2) is 18.2 Å². The molecule has 0 amide bonds. The Kier molecular flexibility index (Phi) is 3.48. The number of nitrogens with one attached hydrogen (secondary N) is 1. The lowest BCUT2D eigenvalue weighted by Crippen LogP contribution is -2.13. The molecule has 0 fully saturated rings. The molecule has 19 heavy (non-hydrogen) atoms. The molecule has 0 saturated heterocycles. The normalized spacial score (nSPS) is 11.5. The predicted molar refractivity (Wildman–Crippen MR) is 74.3 cm³/mol. The van der Waals surface area contributed by atoms with Gasteiger partial charge in [-0.25, -0.2) is 8.42 Å². The standard InChI is InChI=1S/C12H16N4O2S/c1-3-16-8-10(7-14-16)15-19(17,18)11-5-4-9(2)12(13)6-11/h4-8,15H,3,13H2,1-2H3. The van der Waals surface area contributed by atoms with Gasteiger partial charge >= 0.3 is 0 Å². The first kappa shape index (κ1) is 13.4. The first-order valence-electron chi connectivity index (χ1n) is 5.84. The van der Waals surface area contributed by atoms with Gasteiger partial charge in [0.05, 0.1) is 16.8 Å². The first-order chi connectivity index (χ1) is 8.92. The summed E-state index contributed by atoms with van der Waals surface area (Å²) in [7, 11) is -3.63. The molecule has 2 aromatic rings. The van der Waals surface area contributed by atoms with Crippen LogP contribution < -0.4 is 10.5 Å². The number of nitrogen functional groups attached to an aromatic ring is 1. The maximum absolute atomic E-state index is 12.2. The lowest BCUT2D eigenvalue weighted by atomic mass is 10.2. The van der Waals surface area contributed by atoms with E-state index in [9.17, 15) is 8.42 Å². The van der Waals surface area contributed by atoms with Crippen LogP contribution in [0.25, 0.3) is 0 Å². The predicted octanol–water partition coefficient (Wildman–Crippen LogP) is 1.59. The number of nitrogens with zero attached hydrogens (tertiary/aromatic N) is 2. The van der Waals surface area contributed by atoms with Crippen molar-refractivity contribution in [1.29, 1.82) is 0 Å². The zero-order valence-corrected chi connectivity index (χ0v) is 11.6. The van der Waals surface area contributed by atoms with Crippen LogP contribution in [-0.2, 0) is 16.6 Å². The minimum absolute atomic E-state index is 0.139. The zero-order chi connectivity index (χ0) is 14.0. The summed E-state index contributed by atoms with van der Waals surface area (Å²) >= 11 is 0. The average molecular weight is 280 g/mol. The lowest BCUT2D eigenvalue weighted by Gasteiger charge is -2.07. The van der Waals surface area contributed by atoms with Crippen LogP contribution in [0.5, 0.6) is 0 Å². The van der Waals surface area contributed by atoms with E-state index in [0.717, 1.165) is 5.56 Å². The van der Waals surface area contributed by atoms with Gasteiger partial charge in [-0.3, -0.25) is 9.40 Å². The summed E-state index contributed by atoms with van der Waals surface area (Å²) < 4.78 is 28.4. The van der Waals surface area contributed by atoms with Gasteiger partial charge in [-0.2, -0.15) is 5.10 Å². The number of hydrogen-bond donors (Lipinski definition) is 2. The first-order valence-corrected chi connectivity index (χ1v) is 7.32. The van der Waals surface area contributed by atoms with E-state index in [2.05, 4.69) is 9.82 Å². The highest BCUT2D eigenvalue weighted by molar-refractivity contribution is 7.92. The Morgan fingerprint density at radius 2 is 2.16 bits per heavy atom. The molecule has 3 N–H and O–H groups in total. The van der Waals surface area contributed by atoms with Crippen molar-refractivity contribution in [3.63, 3.8) is 0 Å². The SMILES string of the molecule is CCn1cc(NS(=O)(=O)c2ccc(C)c(N)c2)cn1. The Morgan fingerprint density at radius 3 is 2.74 bits per heavy atom. The third-order valence-electron chi connectivity index (χ3n) is 2.77. The molecule has 0 radical (unpaired) electrons. The molecule has 0 unspecified atom stereocenters. The van der Waals surface area contributed by atoms with Crippen LogP contribution in [0.1, 0.15) is 12.5 Å². The van der Waals surface area contributed by atoms with Crippen molar-refractivity contribution in [2.45, 2.75) is 25.3 Å². The van der Waals surface area contributed by atoms with Gasteiger partial charge in [0.15, 0.2) is 0 Å². The number of nitrogens with two attached hydrogens (primary N) is 1. The van der Waals surface area contributed by atoms with Crippen LogP contribution >= 0.6 is 0 Å². The van der Waals surface area contributed by atoms with E-state index in [1.807, 2.05) is 13.8 Å². The molecule has 0 spiro atoms. The molecule has 6 nitrogen and oxygen atoms in total. The number of benzene rings is 1. The molecule has 0 aliphatic rings. The van der Waals surface area contributed by atoms with Gasteiger partial charge in [0.1, 0.15) is 0 Å². The molecule has 1 heterocycles. The van der Waals surface area contributed by atoms with E-state index in [1.165, 1.54) is 18.3 Å². The molecule has 0 atom stereocenters. The van der Waals surface area contributed by atoms with Gasteiger partial charge in [0.2, 0.25) is 0 Å². The minimum atomic E-state index is -3.63. The molecule has 1 aromatic heterocycles. The van der Waals surface area contributed by atoms with Gasteiger partial charge < -0.3 is 5.73 Å². The molecule has 1 aromatic carbocycles. The van der Waals surface area contributed by atoms with E-state index < -0.39 is 10.0 Å². The Hall–Kier alpha value is -2.02. The molecule has 2 rings (SSSR count). The number of rotatable bonds is 4. The quantitative estimate of drug-likeness (QED) is 0.832. The second kappa shape index (κ2) is 4.93. The zero-order valence-electron chi connectivity index (χ0n) is 10.8. The van der Waals surface area contributed by atoms with Crippen LogP contribution in [0.3, 0.4) is 0 Å². The smallest absolute Gasteiger partial charge is 0.262 e. The minimum Gasteiger partial charge on any atom is -0.398 e. The summed E-state index contributed by atoms with van der Waals surface area (Å²) in [5, 5.41) is 4.01. The van der Waals surface area contributed by atoms with Crippen LogP contribution in [0, 0.1) is 6.92 Å². The Labute approximate surface area is 112 Å². The maximum atomic E-state index is 12.2. The van der Waals surface area contributed by atoms with Crippen molar-refractivity contribution in [3.05, 3.63) is 36.2 Å². The Morgan fingerprint density at radius 1 is 1.42 bits per heavy atom. The summed E-state index contributed by atoms with van der Waals surface area (Å²) in [6.45, 7) is 4.43. The van der Waals surface area contributed by atoms with Crippen molar-refractivity contribution >= 4 is 21.4 Å². The van der Waals surface area contributed by atoms with E-state index in [0.29, 0.717) is 17.9 Å². The fraction of sp³-hybridized carbons (Fsp3) is 0.250. The molecule has 0 aliphatic heterocycles. The lowest BCUT2D eigenvalue weighted by molar-refractivity contribution is 0.601. The molecule has 0 bridgehead atoms. The highest BCUT2D eigenvalue weighted by Gasteiger charge is 2.15. The van der Waals surface area contributed by atoms with E-state index in [-0.39, 0.29) is 4.90 Å². The summed E-state index contributed by atoms with van der Waals surface area (Å²) in [5.74, 6) is 0. The molecule has 0 aliphatic carbocycles. The maximum Gasteiger partial charge on any atom is 0.262 e. The Balaban J connectivity index is 2.29. The van der Waals surface area contributed by atoms with E-state index in [4.69, 9.17) is 5.73 Å². The number of aryl methyl sites for hydroxylation is 2. The topological polar surface area (TPSA) is 90.0 Å². The molecule has 102 valence electrons. The van der Waals surface area contributed by atoms with Gasteiger partial charge in [-0.15, -0.1) is 0 Å². The van der Waals surface area contributed by atoms with E-state index in [1.54, 1.807) is 16.9 Å². The van der Waals surface area contributed by atoms with Crippen molar-refractivity contribution < 1.29 is 8.42 Å². The van der Waals surface area contributed by atoms with Gasteiger partial charge in [-0.1, -0.05) is 6.07 Å². The monoisotopic (exact) mass is 280 g/mol. The third kappa shape index (κ3) is 2.87. The van der Waals surface area contributed by atoms with E-state index >= 15 is 0 Å². The molecule has 0 saturated carbocycles. The number of aromatic nitrogens is 2. The molecule has 7 heteroatoms. The number of anilines is 2. The fourth-order valence-electron chi connectivity index (χ4n) is 1.59. The summed E-state index contributed by atoms with van der Waals surface area (Å²) in [4.78, 5) is 0.139. The average Bonchev–Trinajstić information content (AvgIpc) is 2.79. The highest BCUT2D eigenvalue weighted by Crippen LogP contribution is 2.20. The fourth-order valence-corrected chi connectivity index (χ4v) is 2.65. The summed E-state index contributed by atoms with van der Waals surface area (Å²) in [6.07, 6.45) is 3.10. The summed E-state index contributed by atoms with van der Waals surface area (Å²) in [5.41, 5.74) is 7.46. The number of hydrogen-bond acceptors (Lipinski definition) is 4. The highest BCUT2D eigenvalue weighted by atomic mass is 32.2. The second-order valence-electron chi connectivity index (χ2n) is 4.21. The second-order valence-corrected chi connectivity index (χ2v) is 5.89. The molecular formula is C12H16N4O2S. The summed E-state index contributed by atoms with van der Waals surface area (Å²) in [6, 6.07) is 4.65. The number of sulfonamides is 1. The van der Waals surface area contributed by atoms with Crippen molar-refractivity contribution in [3.8, 4) is 0 Å². The third-order valence-corrected chi connectivity index (χ3v) is 4.15. The van der Waals surface area contributed by atoms with Crippen LogP contribution in [0.2, 0.25) is 0 Å². The van der Waals surface area contributed by atoms with Crippen LogP contribution in [0.15, 0.2) is 35.5 Å². The Bertz CT molecular complexity index is 692.